The molecular weight excluding hydrogens is 438 g/mol. The fourth-order valence-electron chi connectivity index (χ4n) is 3.85. The SMILES string of the molecule is CCN1C(=O)C(C)(C)COc2cc(C(CC3CO3)S(=O)(=O)c3ccc(Cl)cc3)ccc21. The number of rotatable bonds is 6. The van der Waals surface area contributed by atoms with Gasteiger partial charge < -0.3 is 14.4 Å². The van der Waals surface area contributed by atoms with Crippen molar-refractivity contribution in [2.45, 2.75) is 43.4 Å². The van der Waals surface area contributed by atoms with Crippen LogP contribution in [0.15, 0.2) is 47.4 Å². The van der Waals surface area contributed by atoms with Crippen molar-refractivity contribution in [1.82, 2.24) is 0 Å². The maximum atomic E-state index is 13.5. The van der Waals surface area contributed by atoms with E-state index < -0.39 is 20.5 Å². The molecule has 2 heterocycles. The van der Waals surface area contributed by atoms with Crippen LogP contribution in [-0.2, 0) is 19.4 Å². The highest BCUT2D eigenvalue weighted by molar-refractivity contribution is 7.91. The van der Waals surface area contributed by atoms with Crippen LogP contribution in [0.25, 0.3) is 0 Å². The number of epoxide rings is 1. The van der Waals surface area contributed by atoms with Crippen LogP contribution in [0.3, 0.4) is 0 Å². The van der Waals surface area contributed by atoms with E-state index in [0.29, 0.717) is 41.6 Å². The molecule has 0 bridgehead atoms. The van der Waals surface area contributed by atoms with Gasteiger partial charge in [0.05, 0.1) is 34.0 Å². The molecule has 4 rings (SSSR count). The second kappa shape index (κ2) is 8.11. The second-order valence-corrected chi connectivity index (χ2v) is 11.2. The Hall–Kier alpha value is -2.09. The van der Waals surface area contributed by atoms with Crippen LogP contribution in [0, 0.1) is 5.41 Å². The molecule has 166 valence electrons. The van der Waals surface area contributed by atoms with Crippen LogP contribution in [0.1, 0.15) is 38.0 Å². The maximum absolute atomic E-state index is 13.5. The predicted molar refractivity (Wildman–Crippen MR) is 119 cm³/mol. The predicted octanol–water partition coefficient (Wildman–Crippen LogP) is 4.42. The zero-order valence-corrected chi connectivity index (χ0v) is 19.4. The van der Waals surface area contributed by atoms with Crippen LogP contribution < -0.4 is 9.64 Å². The number of benzene rings is 2. The van der Waals surface area contributed by atoms with Crippen molar-refractivity contribution in [2.75, 3.05) is 24.7 Å². The minimum Gasteiger partial charge on any atom is -0.490 e. The zero-order chi connectivity index (χ0) is 22.4. The quantitative estimate of drug-likeness (QED) is 0.593. The lowest BCUT2D eigenvalue weighted by Crippen LogP contribution is -2.42. The number of halogens is 1. The van der Waals surface area contributed by atoms with Gasteiger partial charge in [-0.2, -0.15) is 0 Å². The van der Waals surface area contributed by atoms with Crippen molar-refractivity contribution >= 4 is 33.0 Å². The first-order chi connectivity index (χ1) is 14.6. The molecule has 2 atom stereocenters. The lowest BCUT2D eigenvalue weighted by molar-refractivity contribution is -0.127. The summed E-state index contributed by atoms with van der Waals surface area (Å²) in [4.78, 5) is 14.8. The van der Waals surface area contributed by atoms with Gasteiger partial charge in [0.2, 0.25) is 5.91 Å². The molecule has 2 aromatic carbocycles. The normalized spacial score (nSPS) is 21.1. The van der Waals surface area contributed by atoms with Crippen molar-refractivity contribution < 1.29 is 22.7 Å². The number of nitrogens with zero attached hydrogens (tertiary/aromatic N) is 1. The second-order valence-electron chi connectivity index (χ2n) is 8.63. The van der Waals surface area contributed by atoms with E-state index in [9.17, 15) is 13.2 Å². The van der Waals surface area contributed by atoms with Crippen LogP contribution in [0.5, 0.6) is 5.75 Å². The molecule has 2 aliphatic rings. The molecule has 1 amide bonds. The monoisotopic (exact) mass is 463 g/mol. The Morgan fingerprint density at radius 3 is 2.48 bits per heavy atom. The molecule has 31 heavy (non-hydrogen) atoms. The van der Waals surface area contributed by atoms with Crippen LogP contribution in [-0.4, -0.2) is 40.2 Å². The van der Waals surface area contributed by atoms with E-state index in [4.69, 9.17) is 21.1 Å². The number of sulfone groups is 1. The largest absolute Gasteiger partial charge is 0.490 e. The first-order valence-corrected chi connectivity index (χ1v) is 12.3. The number of hydrogen-bond donors (Lipinski definition) is 0. The number of hydrogen-bond acceptors (Lipinski definition) is 5. The summed E-state index contributed by atoms with van der Waals surface area (Å²) < 4.78 is 38.4. The summed E-state index contributed by atoms with van der Waals surface area (Å²) in [5.74, 6) is 0.504. The molecule has 0 aromatic heterocycles. The average molecular weight is 464 g/mol. The number of amides is 1. The number of carbonyl (C=O) groups is 1. The highest BCUT2D eigenvalue weighted by Gasteiger charge is 2.39. The third-order valence-electron chi connectivity index (χ3n) is 5.77. The number of carbonyl (C=O) groups excluding carboxylic acids is 1. The standard InChI is InChI=1S/C23H26ClNO5S/c1-4-25-19-10-5-15(11-20(19)30-14-23(2,3)22(25)26)21(12-17-13-29-17)31(27,28)18-8-6-16(24)7-9-18/h5-11,17,21H,4,12-14H2,1-3H3. The molecule has 1 saturated heterocycles. The third kappa shape index (κ3) is 4.31. The summed E-state index contributed by atoms with van der Waals surface area (Å²) in [5.41, 5.74) is 0.603. The Morgan fingerprint density at radius 1 is 1.19 bits per heavy atom. The topological polar surface area (TPSA) is 76.2 Å². The lowest BCUT2D eigenvalue weighted by Gasteiger charge is -2.27. The minimum absolute atomic E-state index is 0.0155. The molecule has 0 spiro atoms. The summed E-state index contributed by atoms with van der Waals surface area (Å²) in [5, 5.41) is -0.316. The zero-order valence-electron chi connectivity index (χ0n) is 17.8. The fourth-order valence-corrected chi connectivity index (χ4v) is 5.79. The van der Waals surface area contributed by atoms with Crippen molar-refractivity contribution in [2.24, 2.45) is 5.41 Å². The van der Waals surface area contributed by atoms with Crippen LogP contribution >= 0.6 is 11.6 Å². The van der Waals surface area contributed by atoms with E-state index in [-0.39, 0.29) is 23.5 Å². The van der Waals surface area contributed by atoms with Gasteiger partial charge in [-0.1, -0.05) is 17.7 Å². The van der Waals surface area contributed by atoms with Gasteiger partial charge in [-0.15, -0.1) is 0 Å². The summed E-state index contributed by atoms with van der Waals surface area (Å²) >= 11 is 5.95. The van der Waals surface area contributed by atoms with Gasteiger partial charge >= 0.3 is 0 Å². The maximum Gasteiger partial charge on any atom is 0.236 e. The highest BCUT2D eigenvalue weighted by Crippen LogP contribution is 2.42. The van der Waals surface area contributed by atoms with Crippen molar-refractivity contribution in [3.05, 3.63) is 53.1 Å². The van der Waals surface area contributed by atoms with Crippen LogP contribution in [0.2, 0.25) is 5.02 Å². The summed E-state index contributed by atoms with van der Waals surface area (Å²) in [7, 11) is -3.69. The minimum atomic E-state index is -3.69. The molecule has 2 unspecified atom stereocenters. The lowest BCUT2D eigenvalue weighted by atomic mass is 9.93. The van der Waals surface area contributed by atoms with Crippen LogP contribution in [0.4, 0.5) is 5.69 Å². The van der Waals surface area contributed by atoms with Gasteiger partial charge in [0, 0.05) is 11.6 Å². The first kappa shape index (κ1) is 22.1. The number of ether oxygens (including phenoxy) is 2. The molecule has 2 aromatic rings. The van der Waals surface area contributed by atoms with E-state index in [1.807, 2.05) is 20.8 Å². The van der Waals surface area contributed by atoms with Gasteiger partial charge in [0.25, 0.3) is 0 Å². The van der Waals surface area contributed by atoms with Crippen molar-refractivity contribution in [3.63, 3.8) is 0 Å². The molecular formula is C23H26ClNO5S. The summed E-state index contributed by atoms with van der Waals surface area (Å²) in [6, 6.07) is 11.5. The molecule has 1 fully saturated rings. The number of anilines is 1. The molecule has 2 aliphatic heterocycles. The Bertz CT molecular complexity index is 1090. The molecule has 0 aliphatic carbocycles. The Kier molecular flexibility index (Phi) is 5.79. The van der Waals surface area contributed by atoms with Gasteiger partial charge in [-0.25, -0.2) is 8.42 Å². The first-order valence-electron chi connectivity index (χ1n) is 10.3. The number of fused-ring (bicyclic) bond motifs is 1. The van der Waals surface area contributed by atoms with E-state index in [0.717, 1.165) is 0 Å². The van der Waals surface area contributed by atoms with E-state index in [1.54, 1.807) is 35.2 Å². The van der Waals surface area contributed by atoms with E-state index >= 15 is 0 Å². The van der Waals surface area contributed by atoms with Gasteiger partial charge in [0.1, 0.15) is 12.4 Å². The van der Waals surface area contributed by atoms with Crippen molar-refractivity contribution in [1.29, 1.82) is 0 Å². The van der Waals surface area contributed by atoms with Gasteiger partial charge in [0.15, 0.2) is 9.84 Å². The fraction of sp³-hybridized carbons (Fsp3) is 0.435. The average Bonchev–Trinajstić information content (AvgIpc) is 3.56. The van der Waals surface area contributed by atoms with Gasteiger partial charge in [-0.05, 0) is 69.2 Å². The molecule has 8 heteroatoms. The Morgan fingerprint density at radius 2 is 1.87 bits per heavy atom. The Balaban J connectivity index is 1.76. The Labute approximate surface area is 188 Å². The molecule has 0 N–H and O–H groups in total. The van der Waals surface area contributed by atoms with E-state index in [2.05, 4.69) is 0 Å². The molecule has 0 radical (unpaired) electrons. The third-order valence-corrected chi connectivity index (χ3v) is 8.17. The summed E-state index contributed by atoms with van der Waals surface area (Å²) in [6.45, 7) is 6.89. The molecule has 6 nitrogen and oxygen atoms in total. The smallest absolute Gasteiger partial charge is 0.236 e. The highest BCUT2D eigenvalue weighted by atomic mass is 35.5. The molecule has 0 saturated carbocycles. The van der Waals surface area contributed by atoms with Crippen molar-refractivity contribution in [3.8, 4) is 5.75 Å². The summed E-state index contributed by atoms with van der Waals surface area (Å²) in [6.07, 6.45) is 0.269. The van der Waals surface area contributed by atoms with Gasteiger partial charge in [-0.3, -0.25) is 4.79 Å². The van der Waals surface area contributed by atoms with E-state index in [1.165, 1.54) is 12.1 Å².